The molecule has 0 aromatic carbocycles. The minimum atomic E-state index is -0.130. The fraction of sp³-hybridized carbons (Fsp3) is 0.667. The van der Waals surface area contributed by atoms with E-state index in [1.165, 1.54) is 11.1 Å². The smallest absolute Gasteiger partial charge is 0.334 e. The molecule has 96 valence electrons. The first-order valence-corrected chi connectivity index (χ1v) is 6.76. The second kappa shape index (κ2) is 2.90. The summed E-state index contributed by atoms with van der Waals surface area (Å²) in [6, 6.07) is 0. The third kappa shape index (κ3) is 0.993. The van der Waals surface area contributed by atoms with Gasteiger partial charge in [-0.2, -0.15) is 0 Å². The third-order valence-corrected chi connectivity index (χ3v) is 5.52. The van der Waals surface area contributed by atoms with E-state index in [-0.39, 0.29) is 29.2 Å². The van der Waals surface area contributed by atoms with Gasteiger partial charge in [-0.15, -0.1) is 0 Å². The van der Waals surface area contributed by atoms with Gasteiger partial charge in [0.05, 0.1) is 11.5 Å². The Kier molecular flexibility index (Phi) is 1.74. The first-order valence-electron chi connectivity index (χ1n) is 6.76. The van der Waals surface area contributed by atoms with Crippen molar-refractivity contribution in [2.75, 3.05) is 0 Å². The highest BCUT2D eigenvalue weighted by molar-refractivity contribution is 5.92. The van der Waals surface area contributed by atoms with E-state index in [1.54, 1.807) is 0 Å². The number of carbonyl (C=O) groups excluding carboxylic acids is 1. The van der Waals surface area contributed by atoms with Gasteiger partial charge in [0, 0.05) is 5.57 Å². The molecule has 0 aromatic rings. The Morgan fingerprint density at radius 1 is 1.39 bits per heavy atom. The maximum absolute atomic E-state index is 11.8. The Morgan fingerprint density at radius 3 is 2.94 bits per heavy atom. The van der Waals surface area contributed by atoms with Gasteiger partial charge in [-0.1, -0.05) is 11.6 Å². The van der Waals surface area contributed by atoms with Crippen LogP contribution in [0.25, 0.3) is 0 Å². The molecule has 0 aromatic heterocycles. The van der Waals surface area contributed by atoms with Gasteiger partial charge in [-0.3, -0.25) is 0 Å². The summed E-state index contributed by atoms with van der Waals surface area (Å²) < 4.78 is 11.8. The minimum Gasteiger partial charge on any atom is -0.454 e. The van der Waals surface area contributed by atoms with Crippen molar-refractivity contribution in [2.24, 2.45) is 5.92 Å². The molecule has 3 nitrogen and oxygen atoms in total. The van der Waals surface area contributed by atoms with Crippen LogP contribution in [-0.4, -0.2) is 23.3 Å². The van der Waals surface area contributed by atoms with E-state index < -0.39 is 0 Å². The van der Waals surface area contributed by atoms with E-state index in [9.17, 15) is 4.79 Å². The zero-order valence-corrected chi connectivity index (χ0v) is 11.1. The van der Waals surface area contributed by atoms with E-state index in [0.717, 1.165) is 24.8 Å². The molecule has 2 fully saturated rings. The van der Waals surface area contributed by atoms with Gasteiger partial charge in [-0.25, -0.2) is 4.79 Å². The molecule has 1 spiro atoms. The van der Waals surface area contributed by atoms with Crippen LogP contribution < -0.4 is 0 Å². The molecule has 2 aliphatic carbocycles. The molecular weight excluding hydrogens is 228 g/mol. The van der Waals surface area contributed by atoms with E-state index >= 15 is 0 Å². The van der Waals surface area contributed by atoms with Crippen molar-refractivity contribution in [2.45, 2.75) is 57.3 Å². The molecule has 4 aliphatic rings. The maximum atomic E-state index is 11.8. The van der Waals surface area contributed by atoms with Crippen molar-refractivity contribution in [3.8, 4) is 0 Å². The first-order chi connectivity index (χ1) is 8.48. The van der Waals surface area contributed by atoms with E-state index in [4.69, 9.17) is 9.47 Å². The third-order valence-electron chi connectivity index (χ3n) is 5.52. The Bertz CT molecular complexity index is 530. The molecule has 4 atom stereocenters. The summed E-state index contributed by atoms with van der Waals surface area (Å²) >= 11 is 0. The number of fused-ring (bicyclic) bond motifs is 2. The summed E-state index contributed by atoms with van der Waals surface area (Å²) in [5.41, 5.74) is 3.27. The van der Waals surface area contributed by atoms with Crippen LogP contribution in [0.1, 0.15) is 40.0 Å². The van der Waals surface area contributed by atoms with E-state index in [2.05, 4.69) is 19.9 Å². The predicted octanol–water partition coefficient (Wildman–Crippen LogP) is 2.52. The summed E-state index contributed by atoms with van der Waals surface area (Å²) in [7, 11) is 0. The molecule has 18 heavy (non-hydrogen) atoms. The van der Waals surface area contributed by atoms with Crippen LogP contribution in [0.5, 0.6) is 0 Å². The van der Waals surface area contributed by atoms with Crippen molar-refractivity contribution in [3.63, 3.8) is 0 Å². The maximum Gasteiger partial charge on any atom is 0.334 e. The van der Waals surface area contributed by atoms with Crippen molar-refractivity contribution < 1.29 is 14.3 Å². The summed E-state index contributed by atoms with van der Waals surface area (Å²) in [6.07, 6.45) is 5.11. The second-order valence-electron chi connectivity index (χ2n) is 6.33. The fourth-order valence-electron chi connectivity index (χ4n) is 4.30. The predicted molar refractivity (Wildman–Crippen MR) is 65.9 cm³/mol. The van der Waals surface area contributed by atoms with E-state index in [1.807, 2.05) is 6.92 Å². The lowest BCUT2D eigenvalue weighted by atomic mass is 9.79. The lowest BCUT2D eigenvalue weighted by Gasteiger charge is -2.25. The van der Waals surface area contributed by atoms with Crippen LogP contribution in [-0.2, 0) is 14.3 Å². The molecule has 1 saturated carbocycles. The largest absolute Gasteiger partial charge is 0.454 e. The van der Waals surface area contributed by atoms with Crippen LogP contribution in [0.4, 0.5) is 0 Å². The molecule has 2 heterocycles. The van der Waals surface area contributed by atoms with Crippen LogP contribution in [0.3, 0.4) is 0 Å². The SMILES string of the molecule is CC1=CC[C@@]23O[C@]2(C)CCC2=C(C)C(=O)O[C@@H]2[C@@H]13. The van der Waals surface area contributed by atoms with Crippen molar-refractivity contribution in [3.05, 3.63) is 22.8 Å². The summed E-state index contributed by atoms with van der Waals surface area (Å²) in [5, 5.41) is 0. The van der Waals surface area contributed by atoms with Gasteiger partial charge in [-0.05, 0) is 45.6 Å². The highest BCUT2D eigenvalue weighted by atomic mass is 16.6. The first kappa shape index (κ1) is 10.8. The quantitative estimate of drug-likeness (QED) is 0.374. The van der Waals surface area contributed by atoms with Crippen molar-refractivity contribution in [1.29, 1.82) is 0 Å². The lowest BCUT2D eigenvalue weighted by Crippen LogP contribution is -2.36. The highest BCUT2D eigenvalue weighted by Gasteiger charge is 2.74. The molecule has 0 amide bonds. The molecule has 0 N–H and O–H groups in total. The van der Waals surface area contributed by atoms with Crippen molar-refractivity contribution in [1.82, 2.24) is 0 Å². The van der Waals surface area contributed by atoms with Crippen molar-refractivity contribution >= 4 is 5.97 Å². The second-order valence-corrected chi connectivity index (χ2v) is 6.33. The molecule has 0 radical (unpaired) electrons. The molecule has 3 heteroatoms. The fourth-order valence-corrected chi connectivity index (χ4v) is 4.30. The number of carbonyl (C=O) groups is 1. The Balaban J connectivity index is 1.85. The Labute approximate surface area is 107 Å². The van der Waals surface area contributed by atoms with Gasteiger partial charge in [0.15, 0.2) is 0 Å². The van der Waals surface area contributed by atoms with Crippen LogP contribution >= 0.6 is 0 Å². The molecule has 1 saturated heterocycles. The number of hydrogen-bond donors (Lipinski definition) is 0. The van der Waals surface area contributed by atoms with Gasteiger partial charge < -0.3 is 9.47 Å². The highest BCUT2D eigenvalue weighted by Crippen LogP contribution is 2.66. The van der Waals surface area contributed by atoms with Gasteiger partial charge in [0.25, 0.3) is 0 Å². The zero-order valence-electron chi connectivity index (χ0n) is 11.1. The Hall–Kier alpha value is -1.09. The average molecular weight is 246 g/mol. The van der Waals surface area contributed by atoms with Gasteiger partial charge in [0.2, 0.25) is 0 Å². The zero-order chi connectivity index (χ0) is 12.7. The van der Waals surface area contributed by atoms with E-state index in [0.29, 0.717) is 0 Å². The summed E-state index contributed by atoms with van der Waals surface area (Å²) in [4.78, 5) is 11.8. The number of ether oxygens (including phenoxy) is 2. The Morgan fingerprint density at radius 2 is 2.17 bits per heavy atom. The average Bonchev–Trinajstić information content (AvgIpc) is 2.65. The normalized spacial score (nSPS) is 49.1. The molecule has 0 bridgehead atoms. The van der Waals surface area contributed by atoms with Crippen LogP contribution in [0.2, 0.25) is 0 Å². The minimum absolute atomic E-state index is 0.0179. The molecular formula is C15H18O3. The van der Waals surface area contributed by atoms with Crippen LogP contribution in [0.15, 0.2) is 22.8 Å². The number of epoxide rings is 1. The topological polar surface area (TPSA) is 38.8 Å². The molecule has 2 aliphatic heterocycles. The summed E-state index contributed by atoms with van der Waals surface area (Å²) in [6.45, 7) is 6.26. The molecule has 4 rings (SSSR count). The van der Waals surface area contributed by atoms with Gasteiger partial charge >= 0.3 is 5.97 Å². The monoisotopic (exact) mass is 246 g/mol. The lowest BCUT2D eigenvalue weighted by molar-refractivity contribution is -0.141. The number of hydrogen-bond acceptors (Lipinski definition) is 3. The molecule has 0 unspecified atom stereocenters. The number of esters is 1. The van der Waals surface area contributed by atoms with Crippen LogP contribution in [0, 0.1) is 5.92 Å². The standard InChI is InChI=1S/C15H18O3/c1-8-4-7-15-11(8)12-10(9(2)13(16)17-12)5-6-14(15,3)18-15/h4,11-12H,5-7H2,1-3H3/t11-,12+,14-,15+/m1/s1. The summed E-state index contributed by atoms with van der Waals surface area (Å²) in [5.74, 6) is 0.107. The number of rotatable bonds is 0. The van der Waals surface area contributed by atoms with Gasteiger partial charge in [0.1, 0.15) is 11.7 Å².